The van der Waals surface area contributed by atoms with E-state index in [4.69, 9.17) is 4.74 Å². The van der Waals surface area contributed by atoms with Gasteiger partial charge in [0.2, 0.25) is 11.8 Å². The molecule has 4 heterocycles. The fourth-order valence-corrected chi connectivity index (χ4v) is 3.84. The molecule has 10 nitrogen and oxygen atoms in total. The second-order valence-electron chi connectivity index (χ2n) is 8.22. The highest BCUT2D eigenvalue weighted by atomic mass is 16.5. The minimum absolute atomic E-state index is 0.0220. The molecule has 0 bridgehead atoms. The summed E-state index contributed by atoms with van der Waals surface area (Å²) >= 11 is 0. The van der Waals surface area contributed by atoms with E-state index in [9.17, 15) is 9.59 Å². The summed E-state index contributed by atoms with van der Waals surface area (Å²) in [6.45, 7) is 2.33. The zero-order valence-corrected chi connectivity index (χ0v) is 19.2. The van der Waals surface area contributed by atoms with E-state index in [0.717, 1.165) is 24.1 Å². The second-order valence-corrected chi connectivity index (χ2v) is 8.22. The topological polar surface area (TPSA) is 127 Å². The lowest BCUT2D eigenvalue weighted by Crippen LogP contribution is -2.19. The molecule has 4 aromatic heterocycles. The van der Waals surface area contributed by atoms with E-state index in [0.29, 0.717) is 46.0 Å². The van der Waals surface area contributed by atoms with Gasteiger partial charge in [-0.3, -0.25) is 14.3 Å². The van der Waals surface area contributed by atoms with Crippen LogP contribution in [-0.4, -0.2) is 50.2 Å². The van der Waals surface area contributed by atoms with E-state index in [1.165, 1.54) is 6.20 Å². The summed E-state index contributed by atoms with van der Waals surface area (Å²) in [6.07, 6.45) is 6.83. The van der Waals surface area contributed by atoms with E-state index in [2.05, 4.69) is 30.7 Å². The molecule has 0 spiro atoms. The molecule has 2 amide bonds. The van der Waals surface area contributed by atoms with Gasteiger partial charge in [-0.1, -0.05) is 0 Å². The van der Waals surface area contributed by atoms with Gasteiger partial charge in [0.15, 0.2) is 5.82 Å². The normalized spacial score (nSPS) is 13.1. The van der Waals surface area contributed by atoms with Crippen LogP contribution in [0.15, 0.2) is 36.8 Å². The number of fused-ring (bicyclic) bond motifs is 1. The van der Waals surface area contributed by atoms with Crippen LogP contribution in [0.3, 0.4) is 0 Å². The lowest BCUT2D eigenvalue weighted by molar-refractivity contribution is -0.117. The lowest BCUT2D eigenvalue weighted by atomic mass is 10.1. The minimum Gasteiger partial charge on any atom is -0.477 e. The Morgan fingerprint density at radius 2 is 2.06 bits per heavy atom. The first-order chi connectivity index (χ1) is 16.5. The number of aryl methyl sites for hydroxylation is 1. The number of ether oxygens (including phenoxy) is 1. The Morgan fingerprint density at radius 3 is 2.74 bits per heavy atom. The van der Waals surface area contributed by atoms with Crippen molar-refractivity contribution < 1.29 is 14.3 Å². The molecule has 34 heavy (non-hydrogen) atoms. The monoisotopic (exact) mass is 459 g/mol. The van der Waals surface area contributed by atoms with Crippen LogP contribution in [0.1, 0.15) is 30.1 Å². The molecule has 1 saturated carbocycles. The maximum atomic E-state index is 12.5. The van der Waals surface area contributed by atoms with E-state index in [-0.39, 0.29) is 17.7 Å². The van der Waals surface area contributed by atoms with Crippen molar-refractivity contribution in [2.75, 3.05) is 19.0 Å². The number of pyridine rings is 2. The number of nitrogens with one attached hydrogen (secondary N) is 3. The van der Waals surface area contributed by atoms with Crippen molar-refractivity contribution in [2.24, 2.45) is 13.0 Å². The van der Waals surface area contributed by atoms with Crippen molar-refractivity contribution >= 4 is 28.5 Å². The number of rotatable bonds is 7. The number of nitrogens with zero attached hydrogens (tertiary/aromatic N) is 4. The summed E-state index contributed by atoms with van der Waals surface area (Å²) in [5.41, 5.74) is 3.96. The molecular formula is C24H25N7O3. The first kappa shape index (κ1) is 21.6. The SMILES string of the molecule is CCOc1ncc(-c2ccn(C)n2)cc1-c1cc2c(C(=O)NC)cnc(NC(=O)C3CC3)c2[nH]1. The molecule has 1 aliphatic carbocycles. The van der Waals surface area contributed by atoms with Crippen molar-refractivity contribution in [3.05, 3.63) is 42.4 Å². The number of H-pyrrole nitrogens is 1. The fraction of sp³-hybridized carbons (Fsp3) is 0.292. The molecule has 10 heteroatoms. The van der Waals surface area contributed by atoms with Gasteiger partial charge in [-0.15, -0.1) is 0 Å². The number of hydrogen-bond acceptors (Lipinski definition) is 6. The number of carbonyl (C=O) groups excluding carboxylic acids is 2. The van der Waals surface area contributed by atoms with Gasteiger partial charge in [-0.05, 0) is 38.0 Å². The van der Waals surface area contributed by atoms with Gasteiger partial charge < -0.3 is 20.4 Å². The maximum absolute atomic E-state index is 12.5. The van der Waals surface area contributed by atoms with Crippen molar-refractivity contribution in [2.45, 2.75) is 19.8 Å². The largest absolute Gasteiger partial charge is 0.477 e. The zero-order chi connectivity index (χ0) is 23.8. The Bertz CT molecular complexity index is 1400. The Morgan fingerprint density at radius 1 is 1.24 bits per heavy atom. The Kier molecular flexibility index (Phi) is 5.48. The van der Waals surface area contributed by atoms with Crippen LogP contribution in [0.4, 0.5) is 5.82 Å². The van der Waals surface area contributed by atoms with E-state index < -0.39 is 0 Å². The maximum Gasteiger partial charge on any atom is 0.253 e. The summed E-state index contributed by atoms with van der Waals surface area (Å²) in [5.74, 6) is 0.526. The van der Waals surface area contributed by atoms with Gasteiger partial charge in [-0.25, -0.2) is 9.97 Å². The van der Waals surface area contributed by atoms with Crippen molar-refractivity contribution in [3.63, 3.8) is 0 Å². The third-order valence-electron chi connectivity index (χ3n) is 5.76. The number of hydrogen-bond donors (Lipinski definition) is 3. The van der Waals surface area contributed by atoms with Crippen LogP contribution >= 0.6 is 0 Å². The van der Waals surface area contributed by atoms with Crippen LogP contribution in [-0.2, 0) is 11.8 Å². The molecule has 1 fully saturated rings. The first-order valence-electron chi connectivity index (χ1n) is 11.2. The van der Waals surface area contributed by atoms with Crippen LogP contribution in [0, 0.1) is 5.92 Å². The third kappa shape index (κ3) is 3.98. The summed E-state index contributed by atoms with van der Waals surface area (Å²) in [6, 6.07) is 5.71. The van der Waals surface area contributed by atoms with Gasteiger partial charge in [0, 0.05) is 49.6 Å². The van der Waals surface area contributed by atoms with Gasteiger partial charge in [0.25, 0.3) is 5.91 Å². The molecule has 0 aromatic carbocycles. The molecule has 174 valence electrons. The highest BCUT2D eigenvalue weighted by Crippen LogP contribution is 2.36. The van der Waals surface area contributed by atoms with Gasteiger partial charge in [0.05, 0.1) is 34.6 Å². The molecule has 0 unspecified atom stereocenters. The average Bonchev–Trinajstić information content (AvgIpc) is 3.46. The third-order valence-corrected chi connectivity index (χ3v) is 5.76. The summed E-state index contributed by atoms with van der Waals surface area (Å²) in [5, 5.41) is 10.7. The lowest BCUT2D eigenvalue weighted by Gasteiger charge is -2.09. The number of anilines is 1. The highest BCUT2D eigenvalue weighted by molar-refractivity contribution is 6.11. The molecule has 3 N–H and O–H groups in total. The number of aromatic amines is 1. The van der Waals surface area contributed by atoms with Crippen LogP contribution in [0.5, 0.6) is 5.88 Å². The second kappa shape index (κ2) is 8.62. The molecule has 0 aliphatic heterocycles. The summed E-state index contributed by atoms with van der Waals surface area (Å²) in [4.78, 5) is 37.2. The predicted molar refractivity (Wildman–Crippen MR) is 127 cm³/mol. The fourth-order valence-electron chi connectivity index (χ4n) is 3.84. The van der Waals surface area contributed by atoms with E-state index >= 15 is 0 Å². The highest BCUT2D eigenvalue weighted by Gasteiger charge is 2.30. The minimum atomic E-state index is -0.270. The molecule has 4 aromatic rings. The smallest absolute Gasteiger partial charge is 0.253 e. The predicted octanol–water partition coefficient (Wildman–Crippen LogP) is 3.13. The van der Waals surface area contributed by atoms with Crippen LogP contribution < -0.4 is 15.4 Å². The molecular weight excluding hydrogens is 434 g/mol. The molecule has 0 atom stereocenters. The van der Waals surface area contributed by atoms with Gasteiger partial charge in [0.1, 0.15) is 0 Å². The molecule has 5 rings (SSSR count). The zero-order valence-electron chi connectivity index (χ0n) is 19.2. The standard InChI is InChI=1S/C24H25N7O3/c1-4-34-24-16(9-14(11-27-24)18-7-8-31(3)30-18)19-10-15-17(23(33)25-2)12-26-21(20(15)28-19)29-22(32)13-5-6-13/h7-13,28H,4-6H2,1-3H3,(H,25,33)(H,26,29,32). The van der Waals surface area contributed by atoms with Crippen molar-refractivity contribution in [1.29, 1.82) is 0 Å². The first-order valence-corrected chi connectivity index (χ1v) is 11.2. The summed E-state index contributed by atoms with van der Waals surface area (Å²) in [7, 11) is 3.42. The Hall–Kier alpha value is -4.21. The van der Waals surface area contributed by atoms with E-state index in [1.807, 2.05) is 38.4 Å². The number of aromatic nitrogens is 5. The van der Waals surface area contributed by atoms with Crippen LogP contribution in [0.25, 0.3) is 33.4 Å². The number of carbonyl (C=O) groups is 2. The Balaban J connectivity index is 1.66. The number of amides is 2. The van der Waals surface area contributed by atoms with Gasteiger partial charge >= 0.3 is 0 Å². The summed E-state index contributed by atoms with van der Waals surface area (Å²) < 4.78 is 7.52. The van der Waals surface area contributed by atoms with E-state index in [1.54, 1.807) is 17.9 Å². The molecule has 0 saturated heterocycles. The van der Waals surface area contributed by atoms with Crippen molar-refractivity contribution in [3.8, 4) is 28.4 Å². The quantitative estimate of drug-likeness (QED) is 0.390. The molecule has 1 aliphatic rings. The van der Waals surface area contributed by atoms with Crippen LogP contribution in [0.2, 0.25) is 0 Å². The van der Waals surface area contributed by atoms with Crippen molar-refractivity contribution in [1.82, 2.24) is 30.0 Å². The van der Waals surface area contributed by atoms with Gasteiger partial charge in [-0.2, -0.15) is 5.10 Å². The Labute approximate surface area is 195 Å². The average molecular weight is 460 g/mol. The molecule has 0 radical (unpaired) electrons.